The predicted molar refractivity (Wildman–Crippen MR) is 50.8 cm³/mol. The minimum atomic E-state index is -0.0625. The van der Waals surface area contributed by atoms with Gasteiger partial charge in [0.15, 0.2) is 0 Å². The van der Waals surface area contributed by atoms with Crippen molar-refractivity contribution in [3.05, 3.63) is 23.6 Å². The Hall–Kier alpha value is -0.670. The number of allylic oxidation sites excluding steroid dienone is 2. The summed E-state index contributed by atoms with van der Waals surface area (Å²) in [6.45, 7) is 4.80. The molecule has 0 aromatic heterocycles. The van der Waals surface area contributed by atoms with Gasteiger partial charge >= 0.3 is 0 Å². The van der Waals surface area contributed by atoms with Gasteiger partial charge in [0.25, 0.3) is 0 Å². The van der Waals surface area contributed by atoms with E-state index in [0.29, 0.717) is 0 Å². The van der Waals surface area contributed by atoms with Crippen molar-refractivity contribution >= 4 is 0 Å². The Kier molecular flexibility index (Phi) is 2.22. The largest absolute Gasteiger partial charge is 0.296 e. The van der Waals surface area contributed by atoms with E-state index in [4.69, 9.17) is 0 Å². The van der Waals surface area contributed by atoms with Crippen molar-refractivity contribution in [1.82, 2.24) is 10.6 Å². The van der Waals surface area contributed by atoms with Crippen LogP contribution in [0.15, 0.2) is 23.6 Å². The lowest BCUT2D eigenvalue weighted by Crippen LogP contribution is -2.33. The van der Waals surface area contributed by atoms with Crippen molar-refractivity contribution in [3.63, 3.8) is 0 Å². The molecule has 2 aliphatic rings. The van der Waals surface area contributed by atoms with E-state index in [1.54, 1.807) is 6.08 Å². The van der Waals surface area contributed by atoms with Gasteiger partial charge in [0, 0.05) is 18.8 Å². The summed E-state index contributed by atoms with van der Waals surface area (Å²) in [7, 11) is 0. The summed E-state index contributed by atoms with van der Waals surface area (Å²) in [6, 6.07) is 0.416. The van der Waals surface area contributed by atoms with Crippen LogP contribution in [0.25, 0.3) is 0 Å². The van der Waals surface area contributed by atoms with Crippen LogP contribution in [0.3, 0.4) is 0 Å². The molecule has 2 atom stereocenters. The highest BCUT2D eigenvalue weighted by atomic mass is 19.1. The first-order valence-corrected chi connectivity index (χ1v) is 4.74. The van der Waals surface area contributed by atoms with Crippen LogP contribution in [0.1, 0.15) is 13.8 Å². The van der Waals surface area contributed by atoms with Crippen LogP contribution in [0.4, 0.5) is 4.39 Å². The molecule has 0 aromatic rings. The highest BCUT2D eigenvalue weighted by Gasteiger charge is 2.29. The smallest absolute Gasteiger partial charge is 0.124 e. The van der Waals surface area contributed by atoms with Gasteiger partial charge < -0.3 is 0 Å². The molecule has 0 aromatic carbocycles. The molecule has 1 fully saturated rings. The van der Waals surface area contributed by atoms with Gasteiger partial charge in [0.1, 0.15) is 5.83 Å². The number of halogens is 1. The van der Waals surface area contributed by atoms with Crippen molar-refractivity contribution < 1.29 is 4.39 Å². The van der Waals surface area contributed by atoms with Crippen LogP contribution in [0.2, 0.25) is 0 Å². The molecule has 0 spiro atoms. The predicted octanol–water partition coefficient (Wildman–Crippen LogP) is 1.32. The maximum absolute atomic E-state index is 13.5. The third kappa shape index (κ3) is 1.54. The van der Waals surface area contributed by atoms with Gasteiger partial charge in [-0.3, -0.25) is 10.6 Å². The summed E-state index contributed by atoms with van der Waals surface area (Å²) in [4.78, 5) is 0. The molecule has 1 heterocycles. The average molecular weight is 182 g/mol. The quantitative estimate of drug-likeness (QED) is 0.639. The maximum Gasteiger partial charge on any atom is 0.124 e. The Morgan fingerprint density at radius 2 is 1.92 bits per heavy atom. The maximum atomic E-state index is 13.5. The van der Waals surface area contributed by atoms with E-state index in [0.717, 1.165) is 12.2 Å². The molecule has 2 rings (SSSR count). The van der Waals surface area contributed by atoms with Crippen LogP contribution < -0.4 is 10.6 Å². The summed E-state index contributed by atoms with van der Waals surface area (Å²) in [5.74, 6) is 0.201. The monoisotopic (exact) mass is 182 g/mol. The molecule has 0 saturated carbocycles. The molecule has 0 bridgehead atoms. The number of rotatable bonds is 1. The zero-order valence-electron chi connectivity index (χ0n) is 7.97. The van der Waals surface area contributed by atoms with Gasteiger partial charge in [0.2, 0.25) is 0 Å². The third-order valence-electron chi connectivity index (χ3n) is 2.65. The lowest BCUT2D eigenvalue weighted by Gasteiger charge is -2.21. The van der Waals surface area contributed by atoms with E-state index in [-0.39, 0.29) is 23.8 Å². The minimum absolute atomic E-state index is 0.0625. The Labute approximate surface area is 77.9 Å². The molecule has 0 amide bonds. The molecule has 2 unspecified atom stereocenters. The fourth-order valence-corrected chi connectivity index (χ4v) is 1.87. The molecule has 1 aliphatic heterocycles. The van der Waals surface area contributed by atoms with Crippen LogP contribution in [0, 0.1) is 5.92 Å². The SMILES string of the molecule is CC(C)C1=CC2NCNC2C=C1F. The van der Waals surface area contributed by atoms with Gasteiger partial charge in [-0.15, -0.1) is 0 Å². The summed E-state index contributed by atoms with van der Waals surface area (Å²) in [5, 5.41) is 6.44. The first kappa shape index (κ1) is 8.91. The Morgan fingerprint density at radius 1 is 1.31 bits per heavy atom. The molecule has 1 saturated heterocycles. The molecule has 0 radical (unpaired) electrons. The first-order chi connectivity index (χ1) is 6.18. The lowest BCUT2D eigenvalue weighted by atomic mass is 9.92. The molecule has 72 valence electrons. The molecular weight excluding hydrogens is 167 g/mol. The molecule has 2 N–H and O–H groups in total. The standard InChI is InChI=1S/C10H15FN2/c1-6(2)7-3-9-10(4-8(7)11)13-5-12-9/h3-4,6,9-10,12-13H,5H2,1-2H3. The van der Waals surface area contributed by atoms with Gasteiger partial charge in [-0.25, -0.2) is 4.39 Å². The minimum Gasteiger partial charge on any atom is -0.296 e. The van der Waals surface area contributed by atoms with E-state index >= 15 is 0 Å². The topological polar surface area (TPSA) is 24.1 Å². The van der Waals surface area contributed by atoms with Gasteiger partial charge in [-0.05, 0) is 17.6 Å². The van der Waals surface area contributed by atoms with Crippen molar-refractivity contribution in [1.29, 1.82) is 0 Å². The summed E-state index contributed by atoms with van der Waals surface area (Å²) in [5.41, 5.74) is 0.831. The van der Waals surface area contributed by atoms with Crippen LogP contribution >= 0.6 is 0 Å². The van der Waals surface area contributed by atoms with E-state index < -0.39 is 0 Å². The fraction of sp³-hybridized carbons (Fsp3) is 0.600. The second-order valence-corrected chi connectivity index (χ2v) is 3.93. The second kappa shape index (κ2) is 3.24. The normalized spacial score (nSPS) is 32.9. The summed E-state index contributed by atoms with van der Waals surface area (Å²) >= 11 is 0. The van der Waals surface area contributed by atoms with Crippen molar-refractivity contribution in [2.75, 3.05) is 6.67 Å². The lowest BCUT2D eigenvalue weighted by molar-refractivity contribution is 0.555. The Morgan fingerprint density at radius 3 is 2.54 bits per heavy atom. The van der Waals surface area contributed by atoms with E-state index in [9.17, 15) is 4.39 Å². The molecule has 1 aliphatic carbocycles. The van der Waals surface area contributed by atoms with E-state index in [1.165, 1.54) is 0 Å². The van der Waals surface area contributed by atoms with E-state index in [2.05, 4.69) is 10.6 Å². The van der Waals surface area contributed by atoms with Gasteiger partial charge in [-0.1, -0.05) is 19.9 Å². The highest BCUT2D eigenvalue weighted by Crippen LogP contribution is 2.27. The Balaban J connectivity index is 2.25. The zero-order valence-corrected chi connectivity index (χ0v) is 7.97. The molecule has 3 heteroatoms. The van der Waals surface area contributed by atoms with Crippen LogP contribution in [-0.4, -0.2) is 18.8 Å². The molecule has 2 nitrogen and oxygen atoms in total. The number of nitrogens with one attached hydrogen (secondary N) is 2. The third-order valence-corrected chi connectivity index (χ3v) is 2.65. The fourth-order valence-electron chi connectivity index (χ4n) is 1.87. The molecular formula is C10H15FN2. The second-order valence-electron chi connectivity index (χ2n) is 3.93. The number of hydrogen-bond acceptors (Lipinski definition) is 2. The summed E-state index contributed by atoms with van der Waals surface area (Å²) in [6.07, 6.45) is 3.69. The molecule has 13 heavy (non-hydrogen) atoms. The van der Waals surface area contributed by atoms with E-state index in [1.807, 2.05) is 19.9 Å². The number of hydrogen-bond donors (Lipinski definition) is 2. The summed E-state index contributed by atoms with van der Waals surface area (Å²) < 4.78 is 13.5. The van der Waals surface area contributed by atoms with Gasteiger partial charge in [-0.2, -0.15) is 0 Å². The number of fused-ring (bicyclic) bond motifs is 1. The van der Waals surface area contributed by atoms with Crippen LogP contribution in [0.5, 0.6) is 0 Å². The zero-order chi connectivity index (χ0) is 9.42. The van der Waals surface area contributed by atoms with Gasteiger partial charge in [0.05, 0.1) is 0 Å². The van der Waals surface area contributed by atoms with Crippen molar-refractivity contribution in [2.45, 2.75) is 25.9 Å². The van der Waals surface area contributed by atoms with Crippen LogP contribution in [-0.2, 0) is 0 Å². The average Bonchev–Trinajstić information content (AvgIpc) is 2.48. The highest BCUT2D eigenvalue weighted by molar-refractivity contribution is 5.36. The van der Waals surface area contributed by atoms with Crippen molar-refractivity contribution in [2.24, 2.45) is 5.92 Å². The van der Waals surface area contributed by atoms with Crippen molar-refractivity contribution in [3.8, 4) is 0 Å². The Bertz CT molecular complexity index is 268. The first-order valence-electron chi connectivity index (χ1n) is 4.74.